The second-order valence-corrected chi connectivity index (χ2v) is 2.57. The van der Waals surface area contributed by atoms with Gasteiger partial charge in [-0.15, -0.1) is 6.58 Å². The zero-order chi connectivity index (χ0) is 9.40. The normalized spacial score (nSPS) is 12.2. The monoisotopic (exact) mass is 172 g/mol. The third kappa shape index (κ3) is 7.24. The van der Waals surface area contributed by atoms with Gasteiger partial charge in [0.05, 0.1) is 12.6 Å². The predicted octanol–water partition coefficient (Wildman–Crippen LogP) is -0.741. The van der Waals surface area contributed by atoms with Crippen LogP contribution in [0, 0.1) is 0 Å². The Bertz CT molecular complexity index is 146. The van der Waals surface area contributed by atoms with E-state index in [4.69, 9.17) is 5.11 Å². The fourth-order valence-corrected chi connectivity index (χ4v) is 0.612. The average Bonchev–Trinajstić information content (AvgIpc) is 2.01. The van der Waals surface area contributed by atoms with E-state index in [0.717, 1.165) is 0 Å². The lowest BCUT2D eigenvalue weighted by atomic mass is 10.4. The van der Waals surface area contributed by atoms with Gasteiger partial charge in [-0.25, -0.2) is 0 Å². The van der Waals surface area contributed by atoms with Crippen LogP contribution in [0.1, 0.15) is 6.92 Å². The molecule has 0 aliphatic heterocycles. The van der Waals surface area contributed by atoms with Crippen molar-refractivity contribution in [3.8, 4) is 0 Å². The molecular formula is C8H16N2O2. The molecule has 0 aliphatic rings. The highest BCUT2D eigenvalue weighted by atomic mass is 16.3. The van der Waals surface area contributed by atoms with Crippen LogP contribution in [0.4, 0.5) is 0 Å². The second kappa shape index (κ2) is 6.82. The molecule has 0 spiro atoms. The number of hydrogen-bond acceptors (Lipinski definition) is 3. The van der Waals surface area contributed by atoms with Crippen LogP contribution in [-0.4, -0.2) is 36.8 Å². The molecule has 0 saturated heterocycles. The van der Waals surface area contributed by atoms with E-state index in [1.807, 2.05) is 0 Å². The molecule has 0 radical (unpaired) electrons. The van der Waals surface area contributed by atoms with Gasteiger partial charge in [0, 0.05) is 13.1 Å². The smallest absolute Gasteiger partial charge is 0.234 e. The molecule has 0 aliphatic carbocycles. The van der Waals surface area contributed by atoms with Crippen molar-refractivity contribution in [3.63, 3.8) is 0 Å². The summed E-state index contributed by atoms with van der Waals surface area (Å²) in [5, 5.41) is 14.2. The van der Waals surface area contributed by atoms with Gasteiger partial charge >= 0.3 is 0 Å². The Morgan fingerprint density at radius 1 is 1.75 bits per heavy atom. The van der Waals surface area contributed by atoms with Crippen LogP contribution in [-0.2, 0) is 4.79 Å². The Morgan fingerprint density at radius 2 is 2.42 bits per heavy atom. The van der Waals surface area contributed by atoms with Crippen LogP contribution in [0.3, 0.4) is 0 Å². The summed E-state index contributed by atoms with van der Waals surface area (Å²) in [6, 6.07) is 0. The lowest BCUT2D eigenvalue weighted by Gasteiger charge is -2.06. The second-order valence-electron chi connectivity index (χ2n) is 2.57. The van der Waals surface area contributed by atoms with Crippen molar-refractivity contribution in [2.75, 3.05) is 19.6 Å². The quantitative estimate of drug-likeness (QED) is 0.365. The number of hydrogen-bond donors (Lipinski definition) is 3. The first-order valence-corrected chi connectivity index (χ1v) is 3.93. The van der Waals surface area contributed by atoms with Crippen LogP contribution in [0.5, 0.6) is 0 Å². The molecule has 4 nitrogen and oxygen atoms in total. The van der Waals surface area contributed by atoms with E-state index in [1.54, 1.807) is 13.0 Å². The third-order valence-electron chi connectivity index (χ3n) is 1.17. The Labute approximate surface area is 72.7 Å². The highest BCUT2D eigenvalue weighted by Crippen LogP contribution is 1.74. The maximum Gasteiger partial charge on any atom is 0.234 e. The van der Waals surface area contributed by atoms with Crippen molar-refractivity contribution in [1.29, 1.82) is 0 Å². The number of rotatable bonds is 6. The molecule has 0 heterocycles. The third-order valence-corrected chi connectivity index (χ3v) is 1.17. The van der Waals surface area contributed by atoms with Gasteiger partial charge in [0.1, 0.15) is 0 Å². The first-order valence-electron chi connectivity index (χ1n) is 3.93. The van der Waals surface area contributed by atoms with Crippen molar-refractivity contribution in [2.24, 2.45) is 0 Å². The maximum absolute atomic E-state index is 10.9. The van der Waals surface area contributed by atoms with E-state index in [-0.39, 0.29) is 12.5 Å². The molecule has 1 atom stereocenters. The summed E-state index contributed by atoms with van der Waals surface area (Å²) >= 11 is 0. The Hall–Kier alpha value is -0.870. The van der Waals surface area contributed by atoms with Gasteiger partial charge < -0.3 is 15.7 Å². The predicted molar refractivity (Wildman–Crippen MR) is 47.8 cm³/mol. The number of amides is 1. The molecule has 0 aromatic carbocycles. The molecule has 0 saturated carbocycles. The van der Waals surface area contributed by atoms with E-state index in [2.05, 4.69) is 17.2 Å². The summed E-state index contributed by atoms with van der Waals surface area (Å²) in [7, 11) is 0. The number of nitrogens with one attached hydrogen (secondary N) is 2. The van der Waals surface area contributed by atoms with Crippen molar-refractivity contribution in [2.45, 2.75) is 13.0 Å². The summed E-state index contributed by atoms with van der Waals surface area (Å²) < 4.78 is 0. The lowest BCUT2D eigenvalue weighted by Crippen LogP contribution is -2.37. The average molecular weight is 172 g/mol. The molecule has 0 unspecified atom stereocenters. The Kier molecular flexibility index (Phi) is 6.32. The van der Waals surface area contributed by atoms with E-state index >= 15 is 0 Å². The van der Waals surface area contributed by atoms with Crippen LogP contribution < -0.4 is 10.6 Å². The summed E-state index contributed by atoms with van der Waals surface area (Å²) in [6.45, 7) is 6.30. The zero-order valence-electron chi connectivity index (χ0n) is 7.34. The molecule has 1 amide bonds. The van der Waals surface area contributed by atoms with Gasteiger partial charge in [-0.2, -0.15) is 0 Å². The van der Waals surface area contributed by atoms with Gasteiger partial charge in [0.25, 0.3) is 0 Å². The van der Waals surface area contributed by atoms with Gasteiger partial charge in [-0.1, -0.05) is 6.08 Å². The molecule has 3 N–H and O–H groups in total. The highest BCUT2D eigenvalue weighted by molar-refractivity contribution is 5.77. The molecule has 12 heavy (non-hydrogen) atoms. The first kappa shape index (κ1) is 11.1. The fraction of sp³-hybridized carbons (Fsp3) is 0.625. The standard InChI is InChI=1S/C8H16N2O2/c1-3-4-9-6-8(12)10-5-7(2)11/h3,7,9,11H,1,4-6H2,2H3,(H,10,12)/t7-/m0/s1. The van der Waals surface area contributed by atoms with E-state index in [1.165, 1.54) is 0 Å². The molecule has 0 aromatic rings. The van der Waals surface area contributed by atoms with Gasteiger partial charge in [0.15, 0.2) is 0 Å². The molecule has 0 bridgehead atoms. The SMILES string of the molecule is C=CCNCC(=O)NC[C@H](C)O. The topological polar surface area (TPSA) is 61.4 Å². The van der Waals surface area contributed by atoms with Gasteiger partial charge in [0.2, 0.25) is 5.91 Å². The highest BCUT2D eigenvalue weighted by Gasteiger charge is 2.00. The number of carbonyl (C=O) groups is 1. The van der Waals surface area contributed by atoms with Gasteiger partial charge in [-0.3, -0.25) is 4.79 Å². The van der Waals surface area contributed by atoms with Crippen LogP contribution in [0.15, 0.2) is 12.7 Å². The molecule has 70 valence electrons. The maximum atomic E-state index is 10.9. The minimum atomic E-state index is -0.492. The van der Waals surface area contributed by atoms with Crippen LogP contribution >= 0.6 is 0 Å². The van der Waals surface area contributed by atoms with Crippen LogP contribution in [0.25, 0.3) is 0 Å². The first-order chi connectivity index (χ1) is 5.66. The number of aliphatic hydroxyl groups is 1. The lowest BCUT2D eigenvalue weighted by molar-refractivity contribution is -0.120. The molecule has 0 rings (SSSR count). The van der Waals surface area contributed by atoms with Gasteiger partial charge in [-0.05, 0) is 6.92 Å². The minimum Gasteiger partial charge on any atom is -0.392 e. The number of aliphatic hydroxyl groups excluding tert-OH is 1. The Morgan fingerprint density at radius 3 is 2.92 bits per heavy atom. The summed E-state index contributed by atoms with van der Waals surface area (Å²) in [4.78, 5) is 10.9. The van der Waals surface area contributed by atoms with Crippen molar-refractivity contribution in [3.05, 3.63) is 12.7 Å². The zero-order valence-corrected chi connectivity index (χ0v) is 7.34. The summed E-state index contributed by atoms with van der Waals surface area (Å²) in [6.07, 6.45) is 1.19. The molecule has 4 heteroatoms. The van der Waals surface area contributed by atoms with Crippen LogP contribution in [0.2, 0.25) is 0 Å². The summed E-state index contributed by atoms with van der Waals surface area (Å²) in [5.74, 6) is -0.113. The van der Waals surface area contributed by atoms with E-state index in [0.29, 0.717) is 13.1 Å². The van der Waals surface area contributed by atoms with E-state index < -0.39 is 6.10 Å². The minimum absolute atomic E-state index is 0.113. The Balaban J connectivity index is 3.27. The van der Waals surface area contributed by atoms with E-state index in [9.17, 15) is 4.79 Å². The number of carbonyl (C=O) groups excluding carboxylic acids is 1. The van der Waals surface area contributed by atoms with Crippen molar-refractivity contribution < 1.29 is 9.90 Å². The summed E-state index contributed by atoms with van der Waals surface area (Å²) in [5.41, 5.74) is 0. The van der Waals surface area contributed by atoms with Crippen molar-refractivity contribution >= 4 is 5.91 Å². The molecular weight excluding hydrogens is 156 g/mol. The fourth-order valence-electron chi connectivity index (χ4n) is 0.612. The molecule has 0 fully saturated rings. The van der Waals surface area contributed by atoms with Crippen molar-refractivity contribution in [1.82, 2.24) is 10.6 Å². The molecule has 0 aromatic heterocycles. The largest absolute Gasteiger partial charge is 0.392 e.